The van der Waals surface area contributed by atoms with Crippen molar-refractivity contribution in [2.24, 2.45) is 0 Å². The number of hydrogen-bond donors (Lipinski definition) is 0. The van der Waals surface area contributed by atoms with Crippen molar-refractivity contribution < 1.29 is 8.85 Å². The second kappa shape index (κ2) is 10.2. The number of unbranched alkanes of at least 4 members (excludes halogenated alkanes) is 2. The van der Waals surface area contributed by atoms with E-state index >= 15 is 0 Å². The van der Waals surface area contributed by atoms with Gasteiger partial charge in [0, 0.05) is 13.2 Å². The third kappa shape index (κ3) is 4.90. The SMILES string of the molecule is C=CCCO[Si](OCCCCC)(c1ccccc1)c1ccccc1. The second-order valence-corrected chi connectivity index (χ2v) is 8.80. The van der Waals surface area contributed by atoms with Crippen LogP contribution in [0.2, 0.25) is 0 Å². The van der Waals surface area contributed by atoms with E-state index in [1.807, 2.05) is 18.2 Å². The molecule has 24 heavy (non-hydrogen) atoms. The van der Waals surface area contributed by atoms with Gasteiger partial charge in [0.1, 0.15) is 0 Å². The average Bonchev–Trinajstić information content (AvgIpc) is 2.65. The van der Waals surface area contributed by atoms with E-state index in [1.165, 1.54) is 12.8 Å². The monoisotopic (exact) mass is 340 g/mol. The quantitative estimate of drug-likeness (QED) is 0.349. The first kappa shape index (κ1) is 18.7. The topological polar surface area (TPSA) is 18.5 Å². The van der Waals surface area contributed by atoms with Gasteiger partial charge in [-0.1, -0.05) is 86.5 Å². The van der Waals surface area contributed by atoms with E-state index in [2.05, 4.69) is 62.0 Å². The lowest BCUT2D eigenvalue weighted by Gasteiger charge is -2.31. The molecule has 0 amide bonds. The van der Waals surface area contributed by atoms with Crippen molar-refractivity contribution in [3.05, 3.63) is 73.3 Å². The first-order chi connectivity index (χ1) is 11.8. The minimum atomic E-state index is -2.68. The molecule has 0 saturated heterocycles. The molecule has 0 aliphatic heterocycles. The third-order valence-corrected chi connectivity index (χ3v) is 7.40. The summed E-state index contributed by atoms with van der Waals surface area (Å²) < 4.78 is 13.0. The average molecular weight is 341 g/mol. The molecule has 2 nitrogen and oxygen atoms in total. The molecule has 0 fully saturated rings. The molecule has 2 aromatic rings. The summed E-state index contributed by atoms with van der Waals surface area (Å²) in [5, 5.41) is 2.33. The van der Waals surface area contributed by atoms with Gasteiger partial charge in [0.05, 0.1) is 0 Å². The molecule has 0 N–H and O–H groups in total. The van der Waals surface area contributed by atoms with Crippen molar-refractivity contribution in [1.29, 1.82) is 0 Å². The van der Waals surface area contributed by atoms with Gasteiger partial charge in [-0.3, -0.25) is 0 Å². The summed E-state index contributed by atoms with van der Waals surface area (Å²) in [4.78, 5) is 0. The number of rotatable bonds is 11. The van der Waals surface area contributed by atoms with Crippen molar-refractivity contribution in [2.45, 2.75) is 32.6 Å². The van der Waals surface area contributed by atoms with Crippen molar-refractivity contribution in [3.8, 4) is 0 Å². The lowest BCUT2D eigenvalue weighted by molar-refractivity contribution is 0.191. The molecule has 0 radical (unpaired) electrons. The molecule has 2 aromatic carbocycles. The maximum atomic E-state index is 6.53. The van der Waals surface area contributed by atoms with E-state index in [4.69, 9.17) is 8.85 Å². The van der Waals surface area contributed by atoms with Crippen LogP contribution in [-0.4, -0.2) is 21.8 Å². The Morgan fingerprint density at radius 3 is 1.88 bits per heavy atom. The molecule has 128 valence electrons. The molecular weight excluding hydrogens is 312 g/mol. The van der Waals surface area contributed by atoms with Crippen LogP contribution in [0.5, 0.6) is 0 Å². The first-order valence-electron chi connectivity index (χ1n) is 8.83. The largest absolute Gasteiger partial charge is 0.407 e. The second-order valence-electron chi connectivity index (χ2n) is 5.83. The predicted molar refractivity (Wildman–Crippen MR) is 104 cm³/mol. The molecule has 0 saturated carbocycles. The molecule has 0 bridgehead atoms. The fraction of sp³-hybridized carbons (Fsp3) is 0.333. The van der Waals surface area contributed by atoms with E-state index < -0.39 is 8.56 Å². The van der Waals surface area contributed by atoms with Crippen LogP contribution in [0.15, 0.2) is 73.3 Å². The maximum absolute atomic E-state index is 6.53. The van der Waals surface area contributed by atoms with Crippen LogP contribution in [0.3, 0.4) is 0 Å². The Hall–Kier alpha value is -1.68. The van der Waals surface area contributed by atoms with Gasteiger partial charge < -0.3 is 8.85 Å². The summed E-state index contributed by atoms with van der Waals surface area (Å²) in [5.41, 5.74) is 0. The molecule has 0 aliphatic carbocycles. The fourth-order valence-electron chi connectivity index (χ4n) is 2.71. The highest BCUT2D eigenvalue weighted by Gasteiger charge is 2.42. The summed E-state index contributed by atoms with van der Waals surface area (Å²) in [6, 6.07) is 20.8. The Kier molecular flexibility index (Phi) is 7.96. The molecule has 0 atom stereocenters. The molecular formula is C21H28O2Si. The molecule has 0 aliphatic rings. The van der Waals surface area contributed by atoms with Crippen LogP contribution in [0.4, 0.5) is 0 Å². The molecule has 0 heterocycles. The summed E-state index contributed by atoms with van der Waals surface area (Å²) in [6.45, 7) is 7.38. The smallest absolute Gasteiger partial charge is 0.388 e. The normalized spacial score (nSPS) is 11.4. The van der Waals surface area contributed by atoms with E-state index in [1.54, 1.807) is 0 Å². The highest BCUT2D eigenvalue weighted by Crippen LogP contribution is 2.12. The minimum Gasteiger partial charge on any atom is -0.388 e. The van der Waals surface area contributed by atoms with Crippen molar-refractivity contribution in [3.63, 3.8) is 0 Å². The molecule has 0 aromatic heterocycles. The molecule has 3 heteroatoms. The Labute approximate surface area is 147 Å². The van der Waals surface area contributed by atoms with E-state index in [0.717, 1.165) is 29.8 Å². The van der Waals surface area contributed by atoms with E-state index in [0.29, 0.717) is 6.61 Å². The summed E-state index contributed by atoms with van der Waals surface area (Å²) in [6.07, 6.45) is 6.15. The van der Waals surface area contributed by atoms with Crippen molar-refractivity contribution >= 4 is 18.9 Å². The number of hydrogen-bond acceptors (Lipinski definition) is 2. The van der Waals surface area contributed by atoms with Crippen molar-refractivity contribution in [2.75, 3.05) is 13.2 Å². The summed E-state index contributed by atoms with van der Waals surface area (Å²) >= 11 is 0. The Balaban J connectivity index is 2.36. The van der Waals surface area contributed by atoms with Gasteiger partial charge in [0.25, 0.3) is 0 Å². The van der Waals surface area contributed by atoms with Crippen LogP contribution >= 0.6 is 0 Å². The van der Waals surface area contributed by atoms with Gasteiger partial charge in [-0.15, -0.1) is 6.58 Å². The highest BCUT2D eigenvalue weighted by molar-refractivity contribution is 6.92. The Bertz CT molecular complexity index is 544. The van der Waals surface area contributed by atoms with Crippen LogP contribution in [0.25, 0.3) is 0 Å². The van der Waals surface area contributed by atoms with Crippen LogP contribution < -0.4 is 10.4 Å². The molecule has 0 unspecified atom stereocenters. The van der Waals surface area contributed by atoms with Gasteiger partial charge in [0.2, 0.25) is 0 Å². The van der Waals surface area contributed by atoms with E-state index in [-0.39, 0.29) is 0 Å². The standard InChI is InChI=1S/C21H28O2Si/c1-3-5-13-19-23-24(22-18-6-4-2,20-14-9-7-10-15-20)21-16-11-8-12-17-21/h4,7-12,14-17H,2-3,5-6,13,18-19H2,1H3. The van der Waals surface area contributed by atoms with Gasteiger partial charge in [-0.05, 0) is 23.2 Å². The molecule has 2 rings (SSSR count). The summed E-state index contributed by atoms with van der Waals surface area (Å²) in [5.74, 6) is 0. The van der Waals surface area contributed by atoms with Crippen LogP contribution in [0, 0.1) is 0 Å². The zero-order valence-corrected chi connectivity index (χ0v) is 15.6. The van der Waals surface area contributed by atoms with Gasteiger partial charge in [0.15, 0.2) is 0 Å². The lowest BCUT2D eigenvalue weighted by Crippen LogP contribution is -2.63. The predicted octanol–water partition coefficient (Wildman–Crippen LogP) is 4.04. The van der Waals surface area contributed by atoms with E-state index in [9.17, 15) is 0 Å². The van der Waals surface area contributed by atoms with Crippen LogP contribution in [-0.2, 0) is 8.85 Å². The van der Waals surface area contributed by atoms with Crippen molar-refractivity contribution in [1.82, 2.24) is 0 Å². The van der Waals surface area contributed by atoms with Gasteiger partial charge in [-0.2, -0.15) is 0 Å². The summed E-state index contributed by atoms with van der Waals surface area (Å²) in [7, 11) is -2.68. The first-order valence-corrected chi connectivity index (χ1v) is 10.6. The Morgan fingerprint density at radius 1 is 0.833 bits per heavy atom. The fourth-order valence-corrected chi connectivity index (χ4v) is 5.89. The molecule has 0 spiro atoms. The number of benzene rings is 2. The highest BCUT2D eigenvalue weighted by atomic mass is 28.4. The third-order valence-electron chi connectivity index (χ3n) is 3.99. The zero-order valence-electron chi connectivity index (χ0n) is 14.6. The van der Waals surface area contributed by atoms with Gasteiger partial charge in [-0.25, -0.2) is 0 Å². The minimum absolute atomic E-state index is 0.632. The van der Waals surface area contributed by atoms with Gasteiger partial charge >= 0.3 is 8.56 Å². The lowest BCUT2D eigenvalue weighted by atomic mass is 10.3. The Morgan fingerprint density at radius 2 is 1.38 bits per heavy atom. The van der Waals surface area contributed by atoms with Crippen LogP contribution in [0.1, 0.15) is 32.6 Å². The zero-order chi connectivity index (χ0) is 17.1. The maximum Gasteiger partial charge on any atom is 0.407 e.